The number of nitrogens with zero attached hydrogens (tertiary/aromatic N) is 2. The maximum atomic E-state index is 12.8. The van der Waals surface area contributed by atoms with Crippen LogP contribution in [0.4, 0.5) is 0 Å². The first-order valence-corrected chi connectivity index (χ1v) is 7.34. The highest BCUT2D eigenvalue weighted by Gasteiger charge is 2.48. The summed E-state index contributed by atoms with van der Waals surface area (Å²) in [5.41, 5.74) is 1.19. The minimum Gasteiger partial charge on any atom is -0.335 e. The molecule has 1 amide bonds. The number of carbonyl (C=O) groups excluding carboxylic acids is 1. The normalized spacial score (nSPS) is 32.2. The van der Waals surface area contributed by atoms with Crippen LogP contribution in [0.3, 0.4) is 0 Å². The SMILES string of the molecule is C[C@H]1ON(C)[C@@H]2CCN([C@@H](C)c3ccccc3)C(=O)[C@@H]21. The molecule has 20 heavy (non-hydrogen) atoms. The second-order valence-corrected chi connectivity index (χ2v) is 5.86. The molecule has 2 heterocycles. The molecule has 1 aromatic carbocycles. The molecule has 2 saturated heterocycles. The van der Waals surface area contributed by atoms with Crippen molar-refractivity contribution in [3.05, 3.63) is 35.9 Å². The van der Waals surface area contributed by atoms with Crippen LogP contribution in [-0.4, -0.2) is 41.6 Å². The van der Waals surface area contributed by atoms with Crippen LogP contribution in [0.1, 0.15) is 31.9 Å². The van der Waals surface area contributed by atoms with E-state index in [0.29, 0.717) is 0 Å². The van der Waals surface area contributed by atoms with Crippen LogP contribution in [0, 0.1) is 5.92 Å². The Balaban J connectivity index is 1.81. The topological polar surface area (TPSA) is 32.8 Å². The average molecular weight is 274 g/mol. The molecule has 4 heteroatoms. The van der Waals surface area contributed by atoms with Crippen molar-refractivity contribution in [1.82, 2.24) is 9.96 Å². The summed E-state index contributed by atoms with van der Waals surface area (Å²) in [4.78, 5) is 20.5. The largest absolute Gasteiger partial charge is 0.335 e. The third kappa shape index (κ3) is 2.13. The number of rotatable bonds is 2. The molecule has 0 spiro atoms. The molecule has 0 saturated carbocycles. The van der Waals surface area contributed by atoms with Gasteiger partial charge in [-0.3, -0.25) is 9.63 Å². The molecule has 0 aromatic heterocycles. The Morgan fingerprint density at radius 2 is 2.00 bits per heavy atom. The zero-order valence-electron chi connectivity index (χ0n) is 12.3. The number of hydroxylamine groups is 2. The lowest BCUT2D eigenvalue weighted by molar-refractivity contribution is -0.142. The first-order chi connectivity index (χ1) is 9.59. The summed E-state index contributed by atoms with van der Waals surface area (Å²) < 4.78 is 0. The third-order valence-electron chi connectivity index (χ3n) is 4.70. The van der Waals surface area contributed by atoms with E-state index in [2.05, 4.69) is 19.1 Å². The van der Waals surface area contributed by atoms with Gasteiger partial charge in [0.25, 0.3) is 0 Å². The molecule has 0 unspecified atom stereocenters. The number of hydrogen-bond acceptors (Lipinski definition) is 3. The summed E-state index contributed by atoms with van der Waals surface area (Å²) >= 11 is 0. The van der Waals surface area contributed by atoms with Gasteiger partial charge in [0.2, 0.25) is 5.91 Å². The summed E-state index contributed by atoms with van der Waals surface area (Å²) in [6.07, 6.45) is 0.956. The van der Waals surface area contributed by atoms with Gasteiger partial charge >= 0.3 is 0 Å². The van der Waals surface area contributed by atoms with Gasteiger partial charge in [-0.15, -0.1) is 0 Å². The van der Waals surface area contributed by atoms with Gasteiger partial charge < -0.3 is 4.90 Å². The predicted octanol–water partition coefficient (Wildman–Crippen LogP) is 2.23. The van der Waals surface area contributed by atoms with E-state index in [1.54, 1.807) is 0 Å². The predicted molar refractivity (Wildman–Crippen MR) is 76.8 cm³/mol. The number of benzene rings is 1. The number of amides is 1. The van der Waals surface area contributed by atoms with Crippen LogP contribution >= 0.6 is 0 Å². The quantitative estimate of drug-likeness (QED) is 0.829. The second-order valence-electron chi connectivity index (χ2n) is 5.86. The Bertz CT molecular complexity index is 491. The van der Waals surface area contributed by atoms with Crippen molar-refractivity contribution in [3.63, 3.8) is 0 Å². The fourth-order valence-electron chi connectivity index (χ4n) is 3.54. The van der Waals surface area contributed by atoms with Gasteiger partial charge in [0.05, 0.1) is 24.1 Å². The van der Waals surface area contributed by atoms with Gasteiger partial charge in [-0.1, -0.05) is 30.3 Å². The molecule has 2 aliphatic heterocycles. The zero-order chi connectivity index (χ0) is 14.3. The highest BCUT2D eigenvalue weighted by atomic mass is 16.7. The molecule has 0 bridgehead atoms. The smallest absolute Gasteiger partial charge is 0.230 e. The Kier molecular flexibility index (Phi) is 3.52. The van der Waals surface area contributed by atoms with Crippen LogP contribution < -0.4 is 0 Å². The molecule has 1 aromatic rings. The van der Waals surface area contributed by atoms with Gasteiger partial charge in [0, 0.05) is 13.6 Å². The monoisotopic (exact) mass is 274 g/mol. The average Bonchev–Trinajstić information content (AvgIpc) is 2.75. The third-order valence-corrected chi connectivity index (χ3v) is 4.70. The number of carbonyl (C=O) groups is 1. The van der Waals surface area contributed by atoms with Crippen molar-refractivity contribution in [3.8, 4) is 0 Å². The summed E-state index contributed by atoms with van der Waals surface area (Å²) in [7, 11) is 1.94. The molecule has 108 valence electrons. The van der Waals surface area contributed by atoms with Crippen molar-refractivity contribution in [2.75, 3.05) is 13.6 Å². The van der Waals surface area contributed by atoms with Gasteiger partial charge in [-0.25, -0.2) is 0 Å². The lowest BCUT2D eigenvalue weighted by Crippen LogP contribution is -2.51. The van der Waals surface area contributed by atoms with Crippen LogP contribution in [0.2, 0.25) is 0 Å². The summed E-state index contributed by atoms with van der Waals surface area (Å²) in [6.45, 7) is 4.91. The summed E-state index contributed by atoms with van der Waals surface area (Å²) in [5, 5.41) is 1.87. The molecule has 4 atom stereocenters. The molecule has 0 radical (unpaired) electrons. The van der Waals surface area contributed by atoms with E-state index in [4.69, 9.17) is 4.84 Å². The zero-order valence-corrected chi connectivity index (χ0v) is 12.3. The van der Waals surface area contributed by atoms with E-state index in [1.807, 2.05) is 42.1 Å². The van der Waals surface area contributed by atoms with E-state index >= 15 is 0 Å². The van der Waals surface area contributed by atoms with Crippen molar-refractivity contribution in [2.45, 2.75) is 38.5 Å². The fourth-order valence-corrected chi connectivity index (χ4v) is 3.54. The molecular formula is C16H22N2O2. The number of piperidine rings is 1. The van der Waals surface area contributed by atoms with E-state index in [9.17, 15) is 4.79 Å². The first kappa shape index (κ1) is 13.6. The molecule has 3 rings (SSSR count). The van der Waals surface area contributed by atoms with Crippen molar-refractivity contribution < 1.29 is 9.63 Å². The van der Waals surface area contributed by atoms with Gasteiger partial charge in [0.1, 0.15) is 0 Å². The second kappa shape index (κ2) is 5.19. The maximum absolute atomic E-state index is 12.8. The minimum absolute atomic E-state index is 0.0247. The fraction of sp³-hybridized carbons (Fsp3) is 0.562. The molecule has 2 fully saturated rings. The number of hydrogen-bond donors (Lipinski definition) is 0. The Labute approximate surface area is 120 Å². The number of likely N-dealkylation sites (tertiary alicyclic amines) is 1. The standard InChI is InChI=1S/C16H22N2O2/c1-11(13-7-5-4-6-8-13)18-10-9-14-15(16(18)19)12(2)20-17(14)3/h4-8,11-12,14-15H,9-10H2,1-3H3/t11-,12+,14+,15+/m0/s1. The van der Waals surface area contributed by atoms with E-state index < -0.39 is 0 Å². The van der Waals surface area contributed by atoms with Gasteiger partial charge in [-0.05, 0) is 25.8 Å². The number of fused-ring (bicyclic) bond motifs is 1. The van der Waals surface area contributed by atoms with Gasteiger partial charge in [0.15, 0.2) is 0 Å². The summed E-state index contributed by atoms with van der Waals surface area (Å²) in [5.74, 6) is 0.203. The van der Waals surface area contributed by atoms with Crippen molar-refractivity contribution >= 4 is 5.91 Å². The van der Waals surface area contributed by atoms with Crippen LogP contribution in [0.5, 0.6) is 0 Å². The highest BCUT2D eigenvalue weighted by molar-refractivity contribution is 5.81. The Hall–Kier alpha value is -1.39. The van der Waals surface area contributed by atoms with E-state index in [1.165, 1.54) is 5.56 Å². The molecule has 4 nitrogen and oxygen atoms in total. The minimum atomic E-state index is -0.0279. The highest BCUT2D eigenvalue weighted by Crippen LogP contribution is 2.36. The van der Waals surface area contributed by atoms with Gasteiger partial charge in [-0.2, -0.15) is 5.06 Å². The molecular weight excluding hydrogens is 252 g/mol. The van der Waals surface area contributed by atoms with E-state index in [0.717, 1.165) is 13.0 Å². The van der Waals surface area contributed by atoms with Crippen molar-refractivity contribution in [1.29, 1.82) is 0 Å². The van der Waals surface area contributed by atoms with Crippen LogP contribution in [0.15, 0.2) is 30.3 Å². The van der Waals surface area contributed by atoms with E-state index in [-0.39, 0.29) is 30.0 Å². The van der Waals surface area contributed by atoms with Crippen LogP contribution in [-0.2, 0) is 9.63 Å². The molecule has 0 aliphatic carbocycles. The maximum Gasteiger partial charge on any atom is 0.230 e. The summed E-state index contributed by atoms with van der Waals surface area (Å²) in [6, 6.07) is 10.6. The first-order valence-electron chi connectivity index (χ1n) is 7.34. The molecule has 0 N–H and O–H groups in total. The van der Waals surface area contributed by atoms with Crippen LogP contribution in [0.25, 0.3) is 0 Å². The lowest BCUT2D eigenvalue weighted by atomic mass is 9.87. The van der Waals surface area contributed by atoms with Crippen molar-refractivity contribution in [2.24, 2.45) is 5.92 Å². The lowest BCUT2D eigenvalue weighted by Gasteiger charge is -2.39. The molecule has 2 aliphatic rings. The Morgan fingerprint density at radius 1 is 1.30 bits per heavy atom. The Morgan fingerprint density at radius 3 is 2.70 bits per heavy atom.